The second-order valence-electron chi connectivity index (χ2n) is 4.19. The van der Waals surface area contributed by atoms with Crippen LogP contribution in [0.1, 0.15) is 12.5 Å². The zero-order chi connectivity index (χ0) is 12.3. The minimum atomic E-state index is -0.446. The molecule has 0 spiro atoms. The van der Waals surface area contributed by atoms with Crippen LogP contribution in [-0.2, 0) is 11.2 Å². The van der Waals surface area contributed by atoms with E-state index in [-0.39, 0.29) is 18.3 Å². The van der Waals surface area contributed by atoms with Crippen molar-refractivity contribution in [1.82, 2.24) is 10.3 Å². The van der Waals surface area contributed by atoms with E-state index < -0.39 is 6.04 Å². The van der Waals surface area contributed by atoms with Crippen molar-refractivity contribution in [2.45, 2.75) is 19.4 Å². The molecule has 1 aromatic carbocycles. The third-order valence-electron chi connectivity index (χ3n) is 2.78. The quantitative estimate of drug-likeness (QED) is 0.787. The number of hydrogen-bond donors (Lipinski definition) is 3. The van der Waals surface area contributed by atoms with E-state index in [1.807, 2.05) is 24.4 Å². The van der Waals surface area contributed by atoms with E-state index in [1.54, 1.807) is 6.92 Å². The molecule has 0 aliphatic rings. The van der Waals surface area contributed by atoms with Crippen LogP contribution in [-0.4, -0.2) is 23.5 Å². The first-order valence-electron chi connectivity index (χ1n) is 5.77. The van der Waals surface area contributed by atoms with Gasteiger partial charge in [0, 0.05) is 23.6 Å². The topological polar surface area (TPSA) is 70.9 Å². The smallest absolute Gasteiger partial charge is 0.236 e. The Morgan fingerprint density at radius 3 is 2.89 bits per heavy atom. The van der Waals surface area contributed by atoms with E-state index in [4.69, 9.17) is 5.73 Å². The maximum atomic E-state index is 11.3. The Kier molecular flexibility index (Phi) is 5.19. The summed E-state index contributed by atoms with van der Waals surface area (Å²) in [6.45, 7) is 2.29. The van der Waals surface area contributed by atoms with Gasteiger partial charge in [0.1, 0.15) is 0 Å². The Labute approximate surface area is 112 Å². The van der Waals surface area contributed by atoms with Crippen molar-refractivity contribution < 1.29 is 4.79 Å². The summed E-state index contributed by atoms with van der Waals surface area (Å²) < 4.78 is 0. The van der Waals surface area contributed by atoms with Crippen molar-refractivity contribution in [3.63, 3.8) is 0 Å². The number of fused-ring (bicyclic) bond motifs is 1. The van der Waals surface area contributed by atoms with Gasteiger partial charge >= 0.3 is 0 Å². The standard InChI is InChI=1S/C13H17N3O.ClH/c1-9(14)13(17)15-7-6-10-8-16-12-5-3-2-4-11(10)12;/h2-5,8-9,16H,6-7,14H2,1H3,(H,15,17);1H/t9-;/m1./s1. The lowest BCUT2D eigenvalue weighted by atomic mass is 10.1. The predicted octanol–water partition coefficient (Wildman–Crippen LogP) is 1.60. The van der Waals surface area contributed by atoms with Crippen molar-refractivity contribution in [3.05, 3.63) is 36.0 Å². The maximum Gasteiger partial charge on any atom is 0.236 e. The molecule has 18 heavy (non-hydrogen) atoms. The molecule has 0 fully saturated rings. The third-order valence-corrected chi connectivity index (χ3v) is 2.78. The molecule has 1 aromatic heterocycles. The number of carbonyl (C=O) groups is 1. The lowest BCUT2D eigenvalue weighted by Crippen LogP contribution is -2.39. The normalized spacial score (nSPS) is 11.9. The Morgan fingerprint density at radius 2 is 2.17 bits per heavy atom. The first kappa shape index (κ1) is 14.5. The molecule has 98 valence electrons. The second kappa shape index (κ2) is 6.42. The average molecular weight is 268 g/mol. The molecule has 2 aromatic rings. The lowest BCUT2D eigenvalue weighted by molar-refractivity contribution is -0.121. The molecule has 0 unspecified atom stereocenters. The number of aromatic nitrogens is 1. The largest absolute Gasteiger partial charge is 0.361 e. The summed E-state index contributed by atoms with van der Waals surface area (Å²) in [5, 5.41) is 4.02. The van der Waals surface area contributed by atoms with Gasteiger partial charge in [-0.05, 0) is 25.0 Å². The van der Waals surface area contributed by atoms with Gasteiger partial charge in [-0.25, -0.2) is 0 Å². The molecule has 0 bridgehead atoms. The van der Waals surface area contributed by atoms with Gasteiger partial charge in [0.2, 0.25) is 5.91 Å². The highest BCUT2D eigenvalue weighted by Gasteiger charge is 2.07. The first-order chi connectivity index (χ1) is 8.18. The van der Waals surface area contributed by atoms with Crippen molar-refractivity contribution in [1.29, 1.82) is 0 Å². The van der Waals surface area contributed by atoms with Crippen molar-refractivity contribution in [3.8, 4) is 0 Å². The number of H-pyrrole nitrogens is 1. The van der Waals surface area contributed by atoms with E-state index in [1.165, 1.54) is 10.9 Å². The van der Waals surface area contributed by atoms with Gasteiger partial charge in [-0.2, -0.15) is 0 Å². The van der Waals surface area contributed by atoms with Crippen molar-refractivity contribution in [2.75, 3.05) is 6.54 Å². The lowest BCUT2D eigenvalue weighted by Gasteiger charge is -2.06. The fourth-order valence-corrected chi connectivity index (χ4v) is 1.82. The molecule has 1 atom stereocenters. The highest BCUT2D eigenvalue weighted by atomic mass is 35.5. The molecular formula is C13H18ClN3O. The predicted molar refractivity (Wildman–Crippen MR) is 75.9 cm³/mol. The SMILES string of the molecule is C[C@@H](N)C(=O)NCCc1c[nH]c2ccccc12.Cl. The van der Waals surface area contributed by atoms with Crippen LogP contribution in [0.5, 0.6) is 0 Å². The van der Waals surface area contributed by atoms with Gasteiger partial charge in [0.05, 0.1) is 6.04 Å². The van der Waals surface area contributed by atoms with Gasteiger partial charge in [-0.3, -0.25) is 4.79 Å². The summed E-state index contributed by atoms with van der Waals surface area (Å²) in [6.07, 6.45) is 2.80. The number of rotatable bonds is 4. The number of halogens is 1. The zero-order valence-corrected chi connectivity index (χ0v) is 11.1. The molecule has 0 aliphatic carbocycles. The average Bonchev–Trinajstić information content (AvgIpc) is 2.72. The summed E-state index contributed by atoms with van der Waals surface area (Å²) in [4.78, 5) is 14.5. The molecule has 4 nitrogen and oxygen atoms in total. The Bertz CT molecular complexity index is 522. The summed E-state index contributed by atoms with van der Waals surface area (Å²) in [5.41, 5.74) is 7.81. The molecule has 0 saturated heterocycles. The van der Waals surface area contributed by atoms with E-state index in [2.05, 4.69) is 16.4 Å². The Hall–Kier alpha value is -1.52. The first-order valence-corrected chi connectivity index (χ1v) is 5.77. The molecule has 5 heteroatoms. The van der Waals surface area contributed by atoms with E-state index in [0.717, 1.165) is 11.9 Å². The number of para-hydroxylation sites is 1. The number of nitrogens with one attached hydrogen (secondary N) is 2. The Balaban J connectivity index is 0.00000162. The fraction of sp³-hybridized carbons (Fsp3) is 0.308. The van der Waals surface area contributed by atoms with Gasteiger partial charge in [0.15, 0.2) is 0 Å². The van der Waals surface area contributed by atoms with Crippen LogP contribution in [0.4, 0.5) is 0 Å². The van der Waals surface area contributed by atoms with Gasteiger partial charge in [0.25, 0.3) is 0 Å². The number of nitrogens with two attached hydrogens (primary N) is 1. The molecule has 4 N–H and O–H groups in total. The number of carbonyl (C=O) groups excluding carboxylic acids is 1. The van der Waals surface area contributed by atoms with Crippen LogP contribution in [0.25, 0.3) is 10.9 Å². The maximum absolute atomic E-state index is 11.3. The molecule has 0 radical (unpaired) electrons. The van der Waals surface area contributed by atoms with Gasteiger partial charge in [-0.1, -0.05) is 18.2 Å². The highest BCUT2D eigenvalue weighted by Crippen LogP contribution is 2.17. The number of benzene rings is 1. The van der Waals surface area contributed by atoms with E-state index >= 15 is 0 Å². The van der Waals surface area contributed by atoms with Crippen LogP contribution in [0.2, 0.25) is 0 Å². The molecule has 0 aliphatic heterocycles. The van der Waals surface area contributed by atoms with E-state index in [9.17, 15) is 4.79 Å². The minimum absolute atomic E-state index is 0. The molecule has 1 heterocycles. The summed E-state index contributed by atoms with van der Waals surface area (Å²) in [5.74, 6) is -0.107. The van der Waals surface area contributed by atoms with Gasteiger partial charge < -0.3 is 16.0 Å². The monoisotopic (exact) mass is 267 g/mol. The van der Waals surface area contributed by atoms with Crippen LogP contribution in [0, 0.1) is 0 Å². The number of aromatic amines is 1. The number of hydrogen-bond acceptors (Lipinski definition) is 2. The Morgan fingerprint density at radius 1 is 1.44 bits per heavy atom. The zero-order valence-electron chi connectivity index (χ0n) is 10.3. The number of amides is 1. The van der Waals surface area contributed by atoms with Crippen molar-refractivity contribution in [2.24, 2.45) is 5.73 Å². The van der Waals surface area contributed by atoms with Crippen LogP contribution in [0.3, 0.4) is 0 Å². The summed E-state index contributed by atoms with van der Waals surface area (Å²) in [6, 6.07) is 7.69. The van der Waals surface area contributed by atoms with Crippen molar-refractivity contribution >= 4 is 29.2 Å². The van der Waals surface area contributed by atoms with Crippen LogP contribution >= 0.6 is 12.4 Å². The third kappa shape index (κ3) is 3.24. The molecule has 0 saturated carbocycles. The summed E-state index contributed by atoms with van der Waals surface area (Å²) in [7, 11) is 0. The minimum Gasteiger partial charge on any atom is -0.361 e. The van der Waals surface area contributed by atoms with Gasteiger partial charge in [-0.15, -0.1) is 12.4 Å². The molecular weight excluding hydrogens is 250 g/mol. The second-order valence-corrected chi connectivity index (χ2v) is 4.19. The molecule has 2 rings (SSSR count). The van der Waals surface area contributed by atoms with Crippen LogP contribution < -0.4 is 11.1 Å². The van der Waals surface area contributed by atoms with Crippen LogP contribution in [0.15, 0.2) is 30.5 Å². The molecule has 1 amide bonds. The fourth-order valence-electron chi connectivity index (χ4n) is 1.82. The summed E-state index contributed by atoms with van der Waals surface area (Å²) >= 11 is 0. The highest BCUT2D eigenvalue weighted by molar-refractivity contribution is 5.85. The van der Waals surface area contributed by atoms with E-state index in [0.29, 0.717) is 6.54 Å².